The molecule has 1 aromatic carbocycles. The normalized spacial score (nSPS) is 31.4. The summed E-state index contributed by atoms with van der Waals surface area (Å²) in [5.74, 6) is 2.90. The molecule has 0 aromatic heterocycles. The highest BCUT2D eigenvalue weighted by atomic mass is 35.5. The molecule has 5 atom stereocenters. The number of nitrogens with one attached hydrogen (secondary N) is 1. The highest BCUT2D eigenvalue weighted by Crippen LogP contribution is 2.49. The minimum Gasteiger partial charge on any atom is -0.307 e. The largest absolute Gasteiger partial charge is 0.307 e. The van der Waals surface area contributed by atoms with Crippen molar-refractivity contribution in [3.8, 4) is 0 Å². The molecule has 0 radical (unpaired) electrons. The minimum atomic E-state index is 0.433. The van der Waals surface area contributed by atoms with Gasteiger partial charge in [-0.1, -0.05) is 37.1 Å². The SMILES string of the molecule is CCC(NC(C)C1CC2CCC1C2)c1cccc(Cl)c1. The van der Waals surface area contributed by atoms with Gasteiger partial charge in [0, 0.05) is 17.1 Å². The van der Waals surface area contributed by atoms with E-state index in [-0.39, 0.29) is 0 Å². The van der Waals surface area contributed by atoms with Crippen LogP contribution in [0.15, 0.2) is 24.3 Å². The fourth-order valence-corrected chi connectivity index (χ4v) is 4.72. The number of rotatable bonds is 5. The molecule has 2 aliphatic rings. The Kier molecular flexibility index (Phi) is 4.37. The predicted molar refractivity (Wildman–Crippen MR) is 86.0 cm³/mol. The molecule has 2 saturated carbocycles. The van der Waals surface area contributed by atoms with E-state index in [2.05, 4.69) is 37.4 Å². The first-order valence-electron chi connectivity index (χ1n) is 8.19. The summed E-state index contributed by atoms with van der Waals surface area (Å²) in [6, 6.07) is 9.37. The molecule has 0 amide bonds. The van der Waals surface area contributed by atoms with Crippen LogP contribution in [-0.4, -0.2) is 6.04 Å². The second-order valence-corrected chi connectivity index (χ2v) is 7.25. The van der Waals surface area contributed by atoms with E-state index in [1.165, 1.54) is 31.2 Å². The summed E-state index contributed by atoms with van der Waals surface area (Å²) >= 11 is 6.13. The zero-order valence-electron chi connectivity index (χ0n) is 12.6. The summed E-state index contributed by atoms with van der Waals surface area (Å²) in [7, 11) is 0. The molecule has 2 bridgehead atoms. The number of hydrogen-bond donors (Lipinski definition) is 1. The first kappa shape index (κ1) is 14.4. The standard InChI is InChI=1S/C18H26ClN/c1-3-18(15-5-4-6-16(19)11-15)20-12(2)17-10-13-7-8-14(17)9-13/h4-6,11-14,17-18,20H,3,7-10H2,1-2H3. The van der Waals surface area contributed by atoms with Gasteiger partial charge >= 0.3 is 0 Å². The van der Waals surface area contributed by atoms with E-state index in [0.717, 1.165) is 29.2 Å². The van der Waals surface area contributed by atoms with Gasteiger partial charge in [0.2, 0.25) is 0 Å². The molecule has 20 heavy (non-hydrogen) atoms. The Bertz CT molecular complexity index is 458. The van der Waals surface area contributed by atoms with Crippen molar-refractivity contribution in [2.75, 3.05) is 0 Å². The van der Waals surface area contributed by atoms with Crippen molar-refractivity contribution < 1.29 is 0 Å². The van der Waals surface area contributed by atoms with Gasteiger partial charge in [0.1, 0.15) is 0 Å². The molecule has 2 heteroatoms. The quantitative estimate of drug-likeness (QED) is 0.786. The van der Waals surface area contributed by atoms with Crippen LogP contribution < -0.4 is 5.32 Å². The van der Waals surface area contributed by atoms with Gasteiger partial charge in [-0.25, -0.2) is 0 Å². The van der Waals surface area contributed by atoms with Crippen LogP contribution in [0.25, 0.3) is 0 Å². The Hall–Kier alpha value is -0.530. The number of benzene rings is 1. The Morgan fingerprint density at radius 1 is 1.30 bits per heavy atom. The molecule has 1 nitrogen and oxygen atoms in total. The van der Waals surface area contributed by atoms with Gasteiger partial charge < -0.3 is 5.32 Å². The average molecular weight is 292 g/mol. The van der Waals surface area contributed by atoms with Crippen LogP contribution in [0.2, 0.25) is 5.02 Å². The second kappa shape index (κ2) is 6.07. The number of hydrogen-bond acceptors (Lipinski definition) is 1. The van der Waals surface area contributed by atoms with Crippen molar-refractivity contribution in [2.45, 2.75) is 58.0 Å². The fraction of sp³-hybridized carbons (Fsp3) is 0.667. The van der Waals surface area contributed by atoms with Crippen molar-refractivity contribution >= 4 is 11.6 Å². The van der Waals surface area contributed by atoms with Crippen molar-refractivity contribution in [1.29, 1.82) is 0 Å². The zero-order chi connectivity index (χ0) is 14.1. The summed E-state index contributed by atoms with van der Waals surface area (Å²) in [4.78, 5) is 0. The Morgan fingerprint density at radius 3 is 2.75 bits per heavy atom. The molecule has 3 rings (SSSR count). The molecule has 1 aromatic rings. The van der Waals surface area contributed by atoms with E-state index >= 15 is 0 Å². The third-order valence-corrected chi connectivity index (χ3v) is 5.79. The Labute approximate surface area is 128 Å². The van der Waals surface area contributed by atoms with E-state index in [1.54, 1.807) is 0 Å². The molecular formula is C18H26ClN. The van der Waals surface area contributed by atoms with Crippen molar-refractivity contribution in [3.63, 3.8) is 0 Å². The van der Waals surface area contributed by atoms with Crippen LogP contribution >= 0.6 is 11.6 Å². The molecule has 2 fully saturated rings. The molecule has 0 saturated heterocycles. The van der Waals surface area contributed by atoms with Gasteiger partial charge in [-0.05, 0) is 68.1 Å². The summed E-state index contributed by atoms with van der Waals surface area (Å²) in [5, 5.41) is 4.72. The monoisotopic (exact) mass is 291 g/mol. The van der Waals surface area contributed by atoms with E-state index < -0.39 is 0 Å². The van der Waals surface area contributed by atoms with Gasteiger partial charge in [0.25, 0.3) is 0 Å². The lowest BCUT2D eigenvalue weighted by Crippen LogP contribution is -2.38. The van der Waals surface area contributed by atoms with Crippen LogP contribution in [0.1, 0.15) is 57.6 Å². The van der Waals surface area contributed by atoms with E-state index in [1.807, 2.05) is 6.07 Å². The van der Waals surface area contributed by atoms with Crippen molar-refractivity contribution in [2.24, 2.45) is 17.8 Å². The molecule has 5 unspecified atom stereocenters. The molecule has 0 heterocycles. The van der Waals surface area contributed by atoms with Crippen LogP contribution in [0.5, 0.6) is 0 Å². The maximum atomic E-state index is 6.13. The molecule has 110 valence electrons. The van der Waals surface area contributed by atoms with Crippen LogP contribution in [-0.2, 0) is 0 Å². The van der Waals surface area contributed by atoms with Crippen LogP contribution in [0, 0.1) is 17.8 Å². The summed E-state index contributed by atoms with van der Waals surface area (Å²) < 4.78 is 0. The van der Waals surface area contributed by atoms with Gasteiger partial charge in [0.05, 0.1) is 0 Å². The van der Waals surface area contributed by atoms with E-state index in [9.17, 15) is 0 Å². The summed E-state index contributed by atoms with van der Waals surface area (Å²) in [6.45, 7) is 4.64. The molecule has 0 spiro atoms. The smallest absolute Gasteiger partial charge is 0.0409 e. The van der Waals surface area contributed by atoms with E-state index in [4.69, 9.17) is 11.6 Å². The second-order valence-electron chi connectivity index (χ2n) is 6.81. The average Bonchev–Trinajstić information content (AvgIpc) is 3.07. The molecule has 2 aliphatic carbocycles. The van der Waals surface area contributed by atoms with Crippen molar-refractivity contribution in [1.82, 2.24) is 5.32 Å². The van der Waals surface area contributed by atoms with Gasteiger partial charge in [-0.2, -0.15) is 0 Å². The lowest BCUT2D eigenvalue weighted by Gasteiger charge is -2.32. The number of halogens is 1. The lowest BCUT2D eigenvalue weighted by molar-refractivity contribution is 0.243. The third-order valence-electron chi connectivity index (χ3n) is 5.56. The predicted octanol–water partition coefficient (Wildman–Crippen LogP) is 5.21. The minimum absolute atomic E-state index is 0.433. The highest BCUT2D eigenvalue weighted by molar-refractivity contribution is 6.30. The lowest BCUT2D eigenvalue weighted by atomic mass is 9.83. The Balaban J connectivity index is 1.65. The molecule has 0 aliphatic heterocycles. The zero-order valence-corrected chi connectivity index (χ0v) is 13.4. The third kappa shape index (κ3) is 2.89. The van der Waals surface area contributed by atoms with Crippen LogP contribution in [0.4, 0.5) is 0 Å². The summed E-state index contributed by atoms with van der Waals surface area (Å²) in [5.41, 5.74) is 1.33. The first-order chi connectivity index (χ1) is 9.67. The van der Waals surface area contributed by atoms with Gasteiger partial charge in [0.15, 0.2) is 0 Å². The first-order valence-corrected chi connectivity index (χ1v) is 8.56. The number of fused-ring (bicyclic) bond motifs is 2. The van der Waals surface area contributed by atoms with Gasteiger partial charge in [-0.15, -0.1) is 0 Å². The maximum Gasteiger partial charge on any atom is 0.0409 e. The topological polar surface area (TPSA) is 12.0 Å². The van der Waals surface area contributed by atoms with Crippen molar-refractivity contribution in [3.05, 3.63) is 34.9 Å². The highest BCUT2D eigenvalue weighted by Gasteiger charge is 2.41. The fourth-order valence-electron chi connectivity index (χ4n) is 4.52. The van der Waals surface area contributed by atoms with Gasteiger partial charge in [-0.3, -0.25) is 0 Å². The Morgan fingerprint density at radius 2 is 2.15 bits per heavy atom. The molecule has 1 N–H and O–H groups in total. The molecular weight excluding hydrogens is 266 g/mol. The maximum absolute atomic E-state index is 6.13. The van der Waals surface area contributed by atoms with Crippen LogP contribution in [0.3, 0.4) is 0 Å². The van der Waals surface area contributed by atoms with E-state index in [0.29, 0.717) is 12.1 Å². The summed E-state index contributed by atoms with van der Waals surface area (Å²) in [6.07, 6.45) is 7.01.